The van der Waals surface area contributed by atoms with Gasteiger partial charge in [-0.25, -0.2) is 0 Å². The molecule has 0 bridgehead atoms. The molecule has 2 rings (SSSR count). The number of hydrogen-bond acceptors (Lipinski definition) is 3. The zero-order chi connectivity index (χ0) is 17.7. The highest BCUT2D eigenvalue weighted by Crippen LogP contribution is 2.28. The molecule has 1 amide bonds. The number of ether oxygens (including phenoxy) is 1. The third-order valence-corrected chi connectivity index (χ3v) is 4.66. The summed E-state index contributed by atoms with van der Waals surface area (Å²) in [7, 11) is 0. The van der Waals surface area contributed by atoms with E-state index in [1.54, 1.807) is 4.90 Å². The summed E-state index contributed by atoms with van der Waals surface area (Å²) in [5.74, 6) is 0.883. The van der Waals surface area contributed by atoms with Crippen LogP contribution in [0.25, 0.3) is 0 Å². The molecular formula is C20H25NO2S. The molecule has 3 nitrogen and oxygen atoms in total. The lowest BCUT2D eigenvalue weighted by Crippen LogP contribution is -2.28. The van der Waals surface area contributed by atoms with Crippen LogP contribution in [0.4, 0.5) is 10.5 Å². The van der Waals surface area contributed by atoms with Gasteiger partial charge in [0.15, 0.2) is 0 Å². The van der Waals surface area contributed by atoms with Gasteiger partial charge >= 0.3 is 0 Å². The minimum Gasteiger partial charge on any atom is -0.489 e. The third-order valence-electron chi connectivity index (χ3n) is 4.09. The predicted octanol–water partition coefficient (Wildman–Crippen LogP) is 5.50. The smallest absolute Gasteiger partial charge is 0.285 e. The van der Waals surface area contributed by atoms with E-state index in [2.05, 4.69) is 39.0 Å². The summed E-state index contributed by atoms with van der Waals surface area (Å²) in [5.41, 5.74) is 5.46. The topological polar surface area (TPSA) is 29.5 Å². The van der Waals surface area contributed by atoms with E-state index in [1.165, 1.54) is 17.3 Å². The highest BCUT2D eigenvalue weighted by Gasteiger charge is 2.18. The molecule has 0 unspecified atom stereocenters. The normalized spacial score (nSPS) is 10.5. The van der Waals surface area contributed by atoms with Crippen LogP contribution in [0, 0.1) is 20.8 Å². The monoisotopic (exact) mass is 343 g/mol. The first-order valence-electron chi connectivity index (χ1n) is 8.12. The van der Waals surface area contributed by atoms with Gasteiger partial charge in [-0.05, 0) is 57.2 Å². The summed E-state index contributed by atoms with van der Waals surface area (Å²) in [6.07, 6.45) is 1.81. The molecule has 0 aromatic heterocycles. The van der Waals surface area contributed by atoms with Crippen LogP contribution in [-0.2, 0) is 6.61 Å². The highest BCUT2D eigenvalue weighted by atomic mass is 32.2. The number of anilines is 1. The first kappa shape index (κ1) is 18.4. The molecule has 0 spiro atoms. The average Bonchev–Trinajstić information content (AvgIpc) is 2.56. The molecule has 0 saturated carbocycles. The van der Waals surface area contributed by atoms with Crippen LogP contribution in [0.5, 0.6) is 5.75 Å². The van der Waals surface area contributed by atoms with E-state index >= 15 is 0 Å². The molecule has 0 saturated heterocycles. The third kappa shape index (κ3) is 4.12. The maximum Gasteiger partial charge on any atom is 0.285 e. The molecule has 0 fully saturated rings. The molecule has 0 atom stereocenters. The Morgan fingerprint density at radius 2 is 1.88 bits per heavy atom. The van der Waals surface area contributed by atoms with Crippen molar-refractivity contribution in [2.24, 2.45) is 0 Å². The molecule has 24 heavy (non-hydrogen) atoms. The van der Waals surface area contributed by atoms with Crippen molar-refractivity contribution in [1.82, 2.24) is 0 Å². The first-order chi connectivity index (χ1) is 11.5. The number of carbonyl (C=O) groups is 1. The van der Waals surface area contributed by atoms with Gasteiger partial charge in [-0.1, -0.05) is 41.6 Å². The first-order valence-corrected chi connectivity index (χ1v) is 9.34. The lowest BCUT2D eigenvalue weighted by atomic mass is 10.1. The Morgan fingerprint density at radius 3 is 2.50 bits per heavy atom. The maximum atomic E-state index is 12.2. The van der Waals surface area contributed by atoms with Gasteiger partial charge in [-0.15, -0.1) is 0 Å². The zero-order valence-corrected chi connectivity index (χ0v) is 15.9. The van der Waals surface area contributed by atoms with Crippen LogP contribution in [0.1, 0.15) is 29.2 Å². The Labute approximate surface area is 149 Å². The number of nitrogens with zero attached hydrogens (tertiary/aromatic N) is 1. The summed E-state index contributed by atoms with van der Waals surface area (Å²) in [5, 5.41) is 0.0517. The summed E-state index contributed by atoms with van der Waals surface area (Å²) in [4.78, 5) is 14.0. The average molecular weight is 343 g/mol. The van der Waals surface area contributed by atoms with E-state index in [4.69, 9.17) is 4.74 Å². The van der Waals surface area contributed by atoms with Crippen molar-refractivity contribution >= 4 is 22.7 Å². The summed E-state index contributed by atoms with van der Waals surface area (Å²) in [6, 6.07) is 12.2. The van der Waals surface area contributed by atoms with Gasteiger partial charge in [0.1, 0.15) is 12.4 Å². The number of hydrogen-bond donors (Lipinski definition) is 0. The van der Waals surface area contributed by atoms with Crippen LogP contribution >= 0.6 is 11.8 Å². The lowest BCUT2D eigenvalue weighted by Gasteiger charge is -2.24. The van der Waals surface area contributed by atoms with Gasteiger partial charge in [0, 0.05) is 12.1 Å². The van der Waals surface area contributed by atoms with Gasteiger partial charge in [-0.3, -0.25) is 4.79 Å². The Morgan fingerprint density at radius 1 is 1.12 bits per heavy atom. The van der Waals surface area contributed by atoms with E-state index in [0.717, 1.165) is 28.1 Å². The van der Waals surface area contributed by atoms with Crippen molar-refractivity contribution in [2.45, 2.75) is 34.3 Å². The van der Waals surface area contributed by atoms with Gasteiger partial charge in [-0.2, -0.15) is 0 Å². The fourth-order valence-corrected chi connectivity index (χ4v) is 3.19. The quantitative estimate of drug-likeness (QED) is 0.718. The van der Waals surface area contributed by atoms with Crippen molar-refractivity contribution in [2.75, 3.05) is 17.7 Å². The van der Waals surface area contributed by atoms with E-state index < -0.39 is 0 Å². The fraction of sp³-hybridized carbons (Fsp3) is 0.350. The number of thioether (sulfide) groups is 1. The van der Waals surface area contributed by atoms with Crippen LogP contribution in [0.3, 0.4) is 0 Å². The van der Waals surface area contributed by atoms with Gasteiger partial charge in [0.05, 0.1) is 5.69 Å². The molecule has 0 heterocycles. The van der Waals surface area contributed by atoms with Crippen LogP contribution in [0.15, 0.2) is 36.4 Å². The molecule has 0 aliphatic carbocycles. The lowest BCUT2D eigenvalue weighted by molar-refractivity contribution is 0.265. The standard InChI is InChI=1S/C20H25NO2S/c1-6-21(20(22)24-5)18-9-7-8-15(3)17(18)13-23-19-11-10-14(2)12-16(19)4/h7-12H,6,13H2,1-5H3. The van der Waals surface area contributed by atoms with Crippen molar-refractivity contribution in [3.8, 4) is 5.75 Å². The predicted molar refractivity (Wildman–Crippen MR) is 103 cm³/mol. The number of aryl methyl sites for hydroxylation is 3. The maximum absolute atomic E-state index is 12.2. The van der Waals surface area contributed by atoms with E-state index in [1.807, 2.05) is 31.4 Å². The van der Waals surface area contributed by atoms with E-state index in [0.29, 0.717) is 13.2 Å². The number of benzene rings is 2. The van der Waals surface area contributed by atoms with Crippen LogP contribution in [0.2, 0.25) is 0 Å². The Kier molecular flexibility index (Phi) is 6.32. The molecule has 0 N–H and O–H groups in total. The van der Waals surface area contributed by atoms with Gasteiger partial charge in [0.2, 0.25) is 0 Å². The number of carbonyl (C=O) groups excluding carboxylic acids is 1. The van der Waals surface area contributed by atoms with E-state index in [9.17, 15) is 4.79 Å². The van der Waals surface area contributed by atoms with Crippen LogP contribution in [-0.4, -0.2) is 18.0 Å². The largest absolute Gasteiger partial charge is 0.489 e. The SMILES string of the molecule is CCN(C(=O)SC)c1cccc(C)c1COc1ccc(C)cc1C. The Balaban J connectivity index is 2.31. The van der Waals surface area contributed by atoms with Crippen molar-refractivity contribution in [1.29, 1.82) is 0 Å². The minimum atomic E-state index is 0.0517. The van der Waals surface area contributed by atoms with Crippen molar-refractivity contribution < 1.29 is 9.53 Å². The Bertz CT molecular complexity index is 728. The second-order valence-corrected chi connectivity index (χ2v) is 6.60. The van der Waals surface area contributed by atoms with Crippen LogP contribution < -0.4 is 9.64 Å². The second-order valence-electron chi connectivity index (χ2n) is 5.84. The van der Waals surface area contributed by atoms with Gasteiger partial charge in [0.25, 0.3) is 5.24 Å². The number of rotatable bonds is 5. The number of amides is 1. The minimum absolute atomic E-state index is 0.0517. The summed E-state index contributed by atoms with van der Waals surface area (Å²) in [6.45, 7) is 9.26. The molecular weight excluding hydrogens is 318 g/mol. The van der Waals surface area contributed by atoms with E-state index in [-0.39, 0.29) is 5.24 Å². The summed E-state index contributed by atoms with van der Waals surface area (Å²) >= 11 is 1.23. The Hall–Kier alpha value is -1.94. The molecule has 0 radical (unpaired) electrons. The highest BCUT2D eigenvalue weighted by molar-refractivity contribution is 8.13. The molecule has 2 aromatic rings. The zero-order valence-electron chi connectivity index (χ0n) is 15.1. The second kappa shape index (κ2) is 8.25. The van der Waals surface area contributed by atoms with Crippen molar-refractivity contribution in [3.05, 3.63) is 58.7 Å². The molecule has 4 heteroatoms. The summed E-state index contributed by atoms with van der Waals surface area (Å²) < 4.78 is 6.06. The fourth-order valence-electron chi connectivity index (χ4n) is 2.75. The molecule has 2 aromatic carbocycles. The molecule has 128 valence electrons. The molecule has 0 aliphatic rings. The van der Waals surface area contributed by atoms with Gasteiger partial charge < -0.3 is 9.64 Å². The van der Waals surface area contributed by atoms with Crippen molar-refractivity contribution in [3.63, 3.8) is 0 Å². The molecule has 0 aliphatic heterocycles.